The summed E-state index contributed by atoms with van der Waals surface area (Å²) in [5, 5.41) is 7.77. The van der Waals surface area contributed by atoms with Crippen molar-refractivity contribution in [3.8, 4) is 5.75 Å². The van der Waals surface area contributed by atoms with Gasteiger partial charge in [0.2, 0.25) is 5.91 Å². The fourth-order valence-corrected chi connectivity index (χ4v) is 2.58. The molecule has 1 heterocycles. The third kappa shape index (κ3) is 4.61. The molecule has 0 aliphatic heterocycles. The SMILES string of the molecule is CCCCn1nc(C)c(/C=C/C(=O)Nc2cccc(OC)c2)c1Cl. The molecule has 0 spiro atoms. The number of amides is 1. The summed E-state index contributed by atoms with van der Waals surface area (Å²) in [6, 6.07) is 7.19. The van der Waals surface area contributed by atoms with E-state index in [2.05, 4.69) is 17.3 Å². The highest BCUT2D eigenvalue weighted by Gasteiger charge is 2.11. The highest BCUT2D eigenvalue weighted by atomic mass is 35.5. The number of hydrogen-bond acceptors (Lipinski definition) is 3. The number of halogens is 1. The second kappa shape index (κ2) is 8.55. The van der Waals surface area contributed by atoms with E-state index in [4.69, 9.17) is 16.3 Å². The first kappa shape index (κ1) is 18.1. The maximum absolute atomic E-state index is 12.1. The maximum atomic E-state index is 12.1. The molecule has 0 atom stereocenters. The number of carbonyl (C=O) groups is 1. The molecule has 1 aromatic carbocycles. The lowest BCUT2D eigenvalue weighted by Crippen LogP contribution is -2.07. The predicted octanol–water partition coefficient (Wildman–Crippen LogP) is 4.31. The number of carbonyl (C=O) groups excluding carboxylic acids is 1. The number of aromatic nitrogens is 2. The standard InChI is InChI=1S/C18H22ClN3O2/c1-4-5-11-22-18(19)16(13(2)21-22)9-10-17(23)20-14-7-6-8-15(12-14)24-3/h6-10,12H,4-5,11H2,1-3H3,(H,20,23)/b10-9+. The molecule has 0 unspecified atom stereocenters. The minimum atomic E-state index is -0.236. The van der Waals surface area contributed by atoms with Crippen LogP contribution < -0.4 is 10.1 Å². The molecule has 2 rings (SSSR count). The molecule has 0 saturated carbocycles. The monoisotopic (exact) mass is 347 g/mol. The summed E-state index contributed by atoms with van der Waals surface area (Å²) in [4.78, 5) is 12.1. The van der Waals surface area contributed by atoms with Gasteiger partial charge in [0.25, 0.3) is 0 Å². The van der Waals surface area contributed by atoms with E-state index < -0.39 is 0 Å². The van der Waals surface area contributed by atoms with Crippen molar-refractivity contribution in [2.75, 3.05) is 12.4 Å². The molecule has 1 amide bonds. The van der Waals surface area contributed by atoms with Crippen LogP contribution in [0.15, 0.2) is 30.3 Å². The van der Waals surface area contributed by atoms with E-state index in [0.717, 1.165) is 30.6 Å². The molecule has 6 heteroatoms. The number of methoxy groups -OCH3 is 1. The van der Waals surface area contributed by atoms with Gasteiger partial charge in [-0.3, -0.25) is 9.48 Å². The average Bonchev–Trinajstić information content (AvgIpc) is 2.85. The largest absolute Gasteiger partial charge is 0.497 e. The molecule has 1 N–H and O–H groups in total. The number of rotatable bonds is 7. The molecule has 0 aliphatic rings. The summed E-state index contributed by atoms with van der Waals surface area (Å²) >= 11 is 6.35. The smallest absolute Gasteiger partial charge is 0.248 e. The van der Waals surface area contributed by atoms with Crippen LogP contribution in [0.2, 0.25) is 5.15 Å². The lowest BCUT2D eigenvalue weighted by molar-refractivity contribution is -0.111. The van der Waals surface area contributed by atoms with Crippen molar-refractivity contribution in [2.24, 2.45) is 0 Å². The van der Waals surface area contributed by atoms with Gasteiger partial charge in [-0.25, -0.2) is 0 Å². The molecule has 0 fully saturated rings. The number of ether oxygens (including phenoxy) is 1. The van der Waals surface area contributed by atoms with E-state index >= 15 is 0 Å². The molecular formula is C18H22ClN3O2. The summed E-state index contributed by atoms with van der Waals surface area (Å²) in [5.74, 6) is 0.452. The highest BCUT2D eigenvalue weighted by Crippen LogP contribution is 2.22. The Balaban J connectivity index is 2.07. The zero-order chi connectivity index (χ0) is 17.5. The second-order valence-electron chi connectivity index (χ2n) is 5.42. The molecular weight excluding hydrogens is 326 g/mol. The van der Waals surface area contributed by atoms with Crippen molar-refractivity contribution in [3.05, 3.63) is 46.8 Å². The molecule has 128 valence electrons. The zero-order valence-electron chi connectivity index (χ0n) is 14.2. The fraction of sp³-hybridized carbons (Fsp3) is 0.333. The number of anilines is 1. The molecule has 2 aromatic rings. The quantitative estimate of drug-likeness (QED) is 0.759. The molecule has 24 heavy (non-hydrogen) atoms. The molecule has 0 aliphatic carbocycles. The number of aryl methyl sites for hydroxylation is 2. The van der Waals surface area contributed by atoms with E-state index in [0.29, 0.717) is 16.6 Å². The van der Waals surface area contributed by atoms with Crippen LogP contribution in [0.1, 0.15) is 31.0 Å². The number of benzene rings is 1. The first-order valence-electron chi connectivity index (χ1n) is 7.91. The van der Waals surface area contributed by atoms with E-state index in [1.54, 1.807) is 30.0 Å². The molecule has 0 radical (unpaired) electrons. The summed E-state index contributed by atoms with van der Waals surface area (Å²) < 4.78 is 6.91. The van der Waals surface area contributed by atoms with Gasteiger partial charge in [0.1, 0.15) is 10.9 Å². The minimum Gasteiger partial charge on any atom is -0.497 e. The van der Waals surface area contributed by atoms with Crippen molar-refractivity contribution in [3.63, 3.8) is 0 Å². The molecule has 0 bridgehead atoms. The van der Waals surface area contributed by atoms with Crippen LogP contribution in [0.4, 0.5) is 5.69 Å². The van der Waals surface area contributed by atoms with Gasteiger partial charge in [-0.2, -0.15) is 5.10 Å². The summed E-state index contributed by atoms with van der Waals surface area (Å²) in [6.45, 7) is 4.78. The maximum Gasteiger partial charge on any atom is 0.248 e. The molecule has 0 saturated heterocycles. The van der Waals surface area contributed by atoms with Crippen molar-refractivity contribution in [2.45, 2.75) is 33.2 Å². The van der Waals surface area contributed by atoms with Gasteiger partial charge < -0.3 is 10.1 Å². The van der Waals surface area contributed by atoms with Crippen molar-refractivity contribution in [1.29, 1.82) is 0 Å². The number of unbranched alkanes of at least 4 members (excludes halogenated alkanes) is 1. The Morgan fingerprint density at radius 3 is 2.96 bits per heavy atom. The van der Waals surface area contributed by atoms with Gasteiger partial charge in [-0.1, -0.05) is 31.0 Å². The normalized spacial score (nSPS) is 11.0. The Morgan fingerprint density at radius 2 is 2.25 bits per heavy atom. The zero-order valence-corrected chi connectivity index (χ0v) is 14.9. The second-order valence-corrected chi connectivity index (χ2v) is 5.78. The van der Waals surface area contributed by atoms with E-state index in [1.165, 1.54) is 6.08 Å². The van der Waals surface area contributed by atoms with Crippen LogP contribution >= 0.6 is 11.6 Å². The van der Waals surface area contributed by atoms with Gasteiger partial charge in [0.15, 0.2) is 0 Å². The average molecular weight is 348 g/mol. The van der Waals surface area contributed by atoms with Gasteiger partial charge >= 0.3 is 0 Å². The Labute approximate surface area is 147 Å². The molecule has 5 nitrogen and oxygen atoms in total. The van der Waals surface area contributed by atoms with Crippen LogP contribution in [0.3, 0.4) is 0 Å². The van der Waals surface area contributed by atoms with Crippen molar-refractivity contribution in [1.82, 2.24) is 9.78 Å². The first-order chi connectivity index (χ1) is 11.5. The Bertz CT molecular complexity index is 738. The topological polar surface area (TPSA) is 56.2 Å². The Kier molecular flexibility index (Phi) is 6.44. The van der Waals surface area contributed by atoms with Crippen LogP contribution in [-0.2, 0) is 11.3 Å². The van der Waals surface area contributed by atoms with Crippen LogP contribution in [0.5, 0.6) is 5.75 Å². The van der Waals surface area contributed by atoms with E-state index in [-0.39, 0.29) is 5.91 Å². The summed E-state index contributed by atoms with van der Waals surface area (Å²) in [6.07, 6.45) is 5.24. The Hall–Kier alpha value is -2.27. The van der Waals surface area contributed by atoms with Crippen molar-refractivity contribution >= 4 is 29.3 Å². The summed E-state index contributed by atoms with van der Waals surface area (Å²) in [5.41, 5.74) is 2.25. The third-order valence-corrected chi connectivity index (χ3v) is 3.97. The van der Waals surface area contributed by atoms with E-state index in [1.807, 2.05) is 19.1 Å². The lowest BCUT2D eigenvalue weighted by atomic mass is 10.2. The third-order valence-electron chi connectivity index (χ3n) is 3.57. The predicted molar refractivity (Wildman–Crippen MR) is 97.5 cm³/mol. The van der Waals surface area contributed by atoms with Crippen LogP contribution in [0, 0.1) is 6.92 Å². The van der Waals surface area contributed by atoms with Crippen molar-refractivity contribution < 1.29 is 9.53 Å². The van der Waals surface area contributed by atoms with Crippen LogP contribution in [-0.4, -0.2) is 22.8 Å². The highest BCUT2D eigenvalue weighted by molar-refractivity contribution is 6.31. The lowest BCUT2D eigenvalue weighted by Gasteiger charge is -2.04. The van der Waals surface area contributed by atoms with E-state index in [9.17, 15) is 4.79 Å². The number of nitrogens with zero attached hydrogens (tertiary/aromatic N) is 2. The van der Waals surface area contributed by atoms with Gasteiger partial charge in [-0.05, 0) is 31.6 Å². The Morgan fingerprint density at radius 1 is 1.46 bits per heavy atom. The van der Waals surface area contributed by atoms with Crippen LogP contribution in [0.25, 0.3) is 6.08 Å². The van der Waals surface area contributed by atoms with Gasteiger partial charge in [0.05, 0.1) is 12.8 Å². The fourth-order valence-electron chi connectivity index (χ4n) is 2.26. The summed E-state index contributed by atoms with van der Waals surface area (Å²) in [7, 11) is 1.59. The van der Waals surface area contributed by atoms with Gasteiger partial charge in [0, 0.05) is 29.9 Å². The molecule has 1 aromatic heterocycles. The number of hydrogen-bond donors (Lipinski definition) is 1. The van der Waals surface area contributed by atoms with Gasteiger partial charge in [-0.15, -0.1) is 0 Å². The first-order valence-corrected chi connectivity index (χ1v) is 8.29. The minimum absolute atomic E-state index is 0.236. The number of nitrogens with one attached hydrogen (secondary N) is 1.